The molecule has 1 unspecified atom stereocenters. The number of nitrogens with zero attached hydrogens (tertiary/aromatic N) is 3. The van der Waals surface area contributed by atoms with Gasteiger partial charge in [-0.3, -0.25) is 25.1 Å². The molecule has 2 heterocycles. The highest BCUT2D eigenvalue weighted by atomic mass is 16.6. The predicted octanol–water partition coefficient (Wildman–Crippen LogP) is 2.81. The Morgan fingerprint density at radius 1 is 0.947 bits per heavy atom. The van der Waals surface area contributed by atoms with Gasteiger partial charge >= 0.3 is 18.0 Å². The second-order valence-corrected chi connectivity index (χ2v) is 8.65. The van der Waals surface area contributed by atoms with E-state index in [4.69, 9.17) is 14.2 Å². The first-order valence-electron chi connectivity index (χ1n) is 11.8. The van der Waals surface area contributed by atoms with E-state index in [1.807, 2.05) is 0 Å². The minimum absolute atomic E-state index is 0.0770. The van der Waals surface area contributed by atoms with Crippen molar-refractivity contribution in [3.8, 4) is 0 Å². The fraction of sp³-hybridized carbons (Fsp3) is 0.375. The van der Waals surface area contributed by atoms with Crippen molar-refractivity contribution in [2.24, 2.45) is 0 Å². The molecule has 2 aliphatic rings. The van der Waals surface area contributed by atoms with Crippen LogP contribution in [0.3, 0.4) is 0 Å². The molecule has 0 aliphatic carbocycles. The van der Waals surface area contributed by atoms with E-state index in [0.717, 1.165) is 12.8 Å². The van der Waals surface area contributed by atoms with E-state index in [-0.39, 0.29) is 41.6 Å². The lowest BCUT2D eigenvalue weighted by molar-refractivity contribution is -0.385. The molecule has 200 valence electrons. The average molecular weight is 528 g/mol. The predicted molar refractivity (Wildman–Crippen MR) is 128 cm³/mol. The number of nitrogens with one attached hydrogen (secondary N) is 1. The van der Waals surface area contributed by atoms with Gasteiger partial charge in [-0.15, -0.1) is 0 Å². The van der Waals surface area contributed by atoms with Crippen LogP contribution in [0, 0.1) is 20.2 Å². The Labute approximate surface area is 215 Å². The Kier molecular flexibility index (Phi) is 8.11. The Morgan fingerprint density at radius 2 is 1.53 bits per heavy atom. The molecule has 14 heteroatoms. The largest absolute Gasteiger partial charge is 0.459 e. The van der Waals surface area contributed by atoms with E-state index in [9.17, 15) is 34.6 Å². The van der Waals surface area contributed by atoms with Gasteiger partial charge < -0.3 is 19.5 Å². The van der Waals surface area contributed by atoms with Crippen molar-refractivity contribution in [3.63, 3.8) is 0 Å². The van der Waals surface area contributed by atoms with Crippen LogP contribution in [0.1, 0.15) is 40.0 Å². The zero-order valence-electron chi connectivity index (χ0n) is 20.0. The SMILES string of the molecule is O=C(OC[C@H]1OC(N2CCCCNC2=O)C[C@@H]1OC(=O)c1ccc([N+](=O)[O-])cc1)c1ccc([N+](=O)[O-])cc1. The summed E-state index contributed by atoms with van der Waals surface area (Å²) in [6, 6.07) is 9.41. The van der Waals surface area contributed by atoms with Crippen LogP contribution >= 0.6 is 0 Å². The summed E-state index contributed by atoms with van der Waals surface area (Å²) in [7, 11) is 0. The van der Waals surface area contributed by atoms with Crippen molar-refractivity contribution in [1.29, 1.82) is 0 Å². The van der Waals surface area contributed by atoms with Gasteiger partial charge in [0, 0.05) is 43.8 Å². The topological polar surface area (TPSA) is 180 Å². The molecule has 2 amide bonds. The number of benzene rings is 2. The van der Waals surface area contributed by atoms with Crippen molar-refractivity contribution >= 4 is 29.3 Å². The molecule has 0 saturated carbocycles. The summed E-state index contributed by atoms with van der Waals surface area (Å²) in [5, 5.41) is 24.5. The first kappa shape index (κ1) is 26.5. The molecular formula is C24H24N4O10. The normalized spacial score (nSPS) is 21.2. The van der Waals surface area contributed by atoms with E-state index in [2.05, 4.69) is 5.32 Å². The van der Waals surface area contributed by atoms with Gasteiger partial charge in [-0.05, 0) is 37.1 Å². The van der Waals surface area contributed by atoms with Crippen molar-refractivity contribution in [1.82, 2.24) is 10.2 Å². The van der Waals surface area contributed by atoms with Gasteiger partial charge in [-0.2, -0.15) is 0 Å². The van der Waals surface area contributed by atoms with Crippen LogP contribution in [-0.2, 0) is 14.2 Å². The molecule has 3 atom stereocenters. The minimum Gasteiger partial charge on any atom is -0.459 e. The number of hydrogen-bond donors (Lipinski definition) is 1. The van der Waals surface area contributed by atoms with Crippen LogP contribution in [0.2, 0.25) is 0 Å². The number of nitro groups is 2. The Balaban J connectivity index is 1.46. The summed E-state index contributed by atoms with van der Waals surface area (Å²) < 4.78 is 17.0. The van der Waals surface area contributed by atoms with E-state index < -0.39 is 40.2 Å². The number of nitro benzene ring substituents is 2. The molecule has 2 aromatic carbocycles. The lowest BCUT2D eigenvalue weighted by atomic mass is 10.1. The molecular weight excluding hydrogens is 504 g/mol. The number of rotatable bonds is 8. The molecule has 0 aromatic heterocycles. The maximum Gasteiger partial charge on any atom is 0.338 e. The number of non-ortho nitro benzene ring substituents is 2. The van der Waals surface area contributed by atoms with Gasteiger partial charge in [0.05, 0.1) is 21.0 Å². The Hall–Kier alpha value is -4.59. The lowest BCUT2D eigenvalue weighted by Crippen LogP contribution is -2.45. The van der Waals surface area contributed by atoms with Gasteiger partial charge in [0.1, 0.15) is 25.0 Å². The smallest absolute Gasteiger partial charge is 0.338 e. The van der Waals surface area contributed by atoms with E-state index in [0.29, 0.717) is 13.1 Å². The van der Waals surface area contributed by atoms with Gasteiger partial charge in [-0.1, -0.05) is 0 Å². The molecule has 2 saturated heterocycles. The lowest BCUT2D eigenvalue weighted by Gasteiger charge is -2.26. The summed E-state index contributed by atoms with van der Waals surface area (Å²) in [5.41, 5.74) is -0.212. The Bertz CT molecular complexity index is 1220. The fourth-order valence-corrected chi connectivity index (χ4v) is 4.13. The second kappa shape index (κ2) is 11.6. The molecule has 2 fully saturated rings. The number of carbonyl (C=O) groups is 3. The molecule has 0 bridgehead atoms. The standard InChI is InChI=1S/C24H24N4O10/c29-22(15-3-7-17(8-4-15)27(32)33)36-14-20-19(13-21(37-20)26-12-2-1-11-25-24(26)31)38-23(30)16-5-9-18(10-6-16)28(34)35/h3-10,19-21H,1-2,11-14H2,(H,25,31)/t19-,20+,21?/m0/s1. The number of esters is 2. The van der Waals surface area contributed by atoms with Crippen LogP contribution in [0.4, 0.5) is 16.2 Å². The third-order valence-electron chi connectivity index (χ3n) is 6.16. The van der Waals surface area contributed by atoms with Gasteiger partial charge in [0.15, 0.2) is 0 Å². The van der Waals surface area contributed by atoms with Crippen molar-refractivity contribution in [2.75, 3.05) is 19.7 Å². The number of urea groups is 1. The molecule has 2 aromatic rings. The summed E-state index contributed by atoms with van der Waals surface area (Å²) in [6.45, 7) is 0.631. The minimum atomic E-state index is -0.917. The third-order valence-corrected chi connectivity index (χ3v) is 6.16. The second-order valence-electron chi connectivity index (χ2n) is 8.65. The molecule has 14 nitrogen and oxygen atoms in total. The van der Waals surface area contributed by atoms with Crippen LogP contribution < -0.4 is 5.32 Å². The van der Waals surface area contributed by atoms with Gasteiger partial charge in [0.2, 0.25) is 0 Å². The molecule has 4 rings (SSSR count). The molecule has 0 radical (unpaired) electrons. The van der Waals surface area contributed by atoms with Crippen LogP contribution in [0.15, 0.2) is 48.5 Å². The third kappa shape index (κ3) is 6.21. The molecule has 1 N–H and O–H groups in total. The molecule has 38 heavy (non-hydrogen) atoms. The van der Waals surface area contributed by atoms with Crippen LogP contribution in [0.5, 0.6) is 0 Å². The quantitative estimate of drug-likeness (QED) is 0.304. The van der Waals surface area contributed by atoms with E-state index in [1.54, 1.807) is 0 Å². The summed E-state index contributed by atoms with van der Waals surface area (Å²) in [4.78, 5) is 59.8. The zero-order valence-corrected chi connectivity index (χ0v) is 20.0. The van der Waals surface area contributed by atoms with Crippen molar-refractivity contribution in [3.05, 3.63) is 79.9 Å². The van der Waals surface area contributed by atoms with Gasteiger partial charge in [-0.25, -0.2) is 14.4 Å². The highest BCUT2D eigenvalue weighted by Crippen LogP contribution is 2.28. The number of ether oxygens (including phenoxy) is 3. The first-order chi connectivity index (χ1) is 18.2. The van der Waals surface area contributed by atoms with Crippen LogP contribution in [0.25, 0.3) is 0 Å². The van der Waals surface area contributed by atoms with Crippen molar-refractivity contribution in [2.45, 2.75) is 37.7 Å². The molecule has 0 spiro atoms. The molecule has 2 aliphatic heterocycles. The Morgan fingerprint density at radius 3 is 2.11 bits per heavy atom. The average Bonchev–Trinajstić information content (AvgIpc) is 3.17. The maximum absolute atomic E-state index is 12.8. The number of carbonyl (C=O) groups excluding carboxylic acids is 3. The van der Waals surface area contributed by atoms with E-state index in [1.165, 1.54) is 53.4 Å². The van der Waals surface area contributed by atoms with Gasteiger partial charge in [0.25, 0.3) is 11.4 Å². The van der Waals surface area contributed by atoms with Crippen LogP contribution in [-0.4, -0.2) is 70.8 Å². The summed E-state index contributed by atoms with van der Waals surface area (Å²) in [6.07, 6.45) is -0.907. The highest BCUT2D eigenvalue weighted by Gasteiger charge is 2.43. The van der Waals surface area contributed by atoms with Crippen molar-refractivity contribution < 1.29 is 38.4 Å². The summed E-state index contributed by atoms with van der Waals surface area (Å²) >= 11 is 0. The number of amides is 2. The maximum atomic E-state index is 12.8. The summed E-state index contributed by atoms with van der Waals surface area (Å²) in [5.74, 6) is -1.53. The van der Waals surface area contributed by atoms with E-state index >= 15 is 0 Å². The number of hydrogen-bond acceptors (Lipinski definition) is 10. The zero-order chi connectivity index (χ0) is 27.2. The fourth-order valence-electron chi connectivity index (χ4n) is 4.13. The monoisotopic (exact) mass is 528 g/mol. The highest BCUT2D eigenvalue weighted by molar-refractivity contribution is 5.90. The first-order valence-corrected chi connectivity index (χ1v) is 11.8.